The molecule has 0 spiro atoms. The minimum Gasteiger partial charge on any atom is -0.396 e. The van der Waals surface area contributed by atoms with E-state index < -0.39 is 10.0 Å². The zero-order valence-electron chi connectivity index (χ0n) is 10.7. The van der Waals surface area contributed by atoms with Crippen molar-refractivity contribution in [2.75, 3.05) is 24.7 Å². The van der Waals surface area contributed by atoms with Crippen LogP contribution in [-0.4, -0.2) is 38.2 Å². The number of halogens is 1. The first-order valence-corrected chi connectivity index (χ1v) is 8.91. The van der Waals surface area contributed by atoms with Gasteiger partial charge >= 0.3 is 0 Å². The molecular formula is C12H15ClN2O3S2. The third kappa shape index (κ3) is 5.31. The van der Waals surface area contributed by atoms with Crippen molar-refractivity contribution >= 4 is 33.4 Å². The highest BCUT2D eigenvalue weighted by Gasteiger charge is 2.17. The Morgan fingerprint density at radius 3 is 2.75 bits per heavy atom. The standard InChI is InChI=1S/C12H15ClN2O3S2/c13-11-8-10(9-14)2-3-12(11)20(17,18)15-4-7-19-6-1-5-16/h2-3,8,15-16H,1,4-7H2. The van der Waals surface area contributed by atoms with Crippen LogP contribution in [0.25, 0.3) is 0 Å². The molecular weight excluding hydrogens is 320 g/mol. The van der Waals surface area contributed by atoms with Crippen LogP contribution in [0.5, 0.6) is 0 Å². The Bertz CT molecular complexity index is 585. The average molecular weight is 335 g/mol. The van der Waals surface area contributed by atoms with E-state index in [1.807, 2.05) is 6.07 Å². The number of nitriles is 1. The molecule has 0 aliphatic heterocycles. The molecule has 1 aromatic carbocycles. The molecule has 0 bridgehead atoms. The summed E-state index contributed by atoms with van der Waals surface area (Å²) in [5, 5.41) is 17.3. The maximum atomic E-state index is 12.0. The predicted molar refractivity (Wildman–Crippen MR) is 80.4 cm³/mol. The van der Waals surface area contributed by atoms with Crippen molar-refractivity contribution in [1.82, 2.24) is 4.72 Å². The second kappa shape index (κ2) is 8.49. The molecule has 0 fully saturated rings. The Morgan fingerprint density at radius 2 is 2.15 bits per heavy atom. The van der Waals surface area contributed by atoms with Crippen LogP contribution in [0.3, 0.4) is 0 Å². The summed E-state index contributed by atoms with van der Waals surface area (Å²) in [5.74, 6) is 1.41. The Hall–Kier alpha value is -0.780. The molecule has 1 aromatic rings. The van der Waals surface area contributed by atoms with Crippen LogP contribution in [0, 0.1) is 11.3 Å². The van der Waals surface area contributed by atoms with Crippen LogP contribution in [0.15, 0.2) is 23.1 Å². The molecule has 20 heavy (non-hydrogen) atoms. The highest BCUT2D eigenvalue weighted by Crippen LogP contribution is 2.22. The highest BCUT2D eigenvalue weighted by molar-refractivity contribution is 7.99. The van der Waals surface area contributed by atoms with E-state index >= 15 is 0 Å². The number of thioether (sulfide) groups is 1. The maximum absolute atomic E-state index is 12.0. The lowest BCUT2D eigenvalue weighted by atomic mass is 10.2. The molecule has 110 valence electrons. The summed E-state index contributed by atoms with van der Waals surface area (Å²) >= 11 is 7.43. The Kier molecular flexibility index (Phi) is 7.34. The molecule has 0 amide bonds. The molecule has 0 heterocycles. The second-order valence-electron chi connectivity index (χ2n) is 3.84. The van der Waals surface area contributed by atoms with E-state index in [-0.39, 0.29) is 23.1 Å². The first-order valence-electron chi connectivity index (χ1n) is 5.89. The van der Waals surface area contributed by atoms with Gasteiger partial charge in [-0.25, -0.2) is 13.1 Å². The first kappa shape index (κ1) is 17.3. The van der Waals surface area contributed by atoms with Crippen molar-refractivity contribution < 1.29 is 13.5 Å². The summed E-state index contributed by atoms with van der Waals surface area (Å²) in [6.07, 6.45) is 0.693. The lowest BCUT2D eigenvalue weighted by Gasteiger charge is -2.08. The van der Waals surface area contributed by atoms with Crippen molar-refractivity contribution in [1.29, 1.82) is 5.26 Å². The third-order valence-electron chi connectivity index (χ3n) is 2.34. The number of hydrogen-bond acceptors (Lipinski definition) is 5. The number of nitrogens with zero attached hydrogens (tertiary/aromatic N) is 1. The zero-order valence-corrected chi connectivity index (χ0v) is 13.1. The van der Waals surface area contributed by atoms with Gasteiger partial charge in [-0.15, -0.1) is 0 Å². The lowest BCUT2D eigenvalue weighted by molar-refractivity contribution is 0.296. The van der Waals surface area contributed by atoms with E-state index in [1.165, 1.54) is 18.2 Å². The second-order valence-corrected chi connectivity index (χ2v) is 7.21. The summed E-state index contributed by atoms with van der Waals surface area (Å²) in [6, 6.07) is 5.96. The van der Waals surface area contributed by atoms with Gasteiger partial charge in [-0.2, -0.15) is 17.0 Å². The van der Waals surface area contributed by atoms with Gasteiger partial charge in [-0.1, -0.05) is 11.6 Å². The van der Waals surface area contributed by atoms with Crippen molar-refractivity contribution in [3.63, 3.8) is 0 Å². The van der Waals surface area contributed by atoms with Crippen LogP contribution < -0.4 is 4.72 Å². The summed E-state index contributed by atoms with van der Waals surface area (Å²) in [7, 11) is -3.66. The van der Waals surface area contributed by atoms with Gasteiger partial charge in [0.15, 0.2) is 0 Å². The molecule has 0 unspecified atom stereocenters. The van der Waals surface area contributed by atoms with Gasteiger partial charge in [0.2, 0.25) is 10.0 Å². The number of rotatable bonds is 8. The van der Waals surface area contributed by atoms with Crippen LogP contribution >= 0.6 is 23.4 Å². The van der Waals surface area contributed by atoms with Crippen LogP contribution in [-0.2, 0) is 10.0 Å². The largest absolute Gasteiger partial charge is 0.396 e. The third-order valence-corrected chi connectivity index (χ3v) is 5.35. The molecule has 0 aromatic heterocycles. The monoisotopic (exact) mass is 334 g/mol. The van der Waals surface area contributed by atoms with E-state index in [0.717, 1.165) is 5.75 Å². The number of aliphatic hydroxyl groups excluding tert-OH is 1. The molecule has 0 radical (unpaired) electrons. The van der Waals surface area contributed by atoms with E-state index in [1.54, 1.807) is 11.8 Å². The summed E-state index contributed by atoms with van der Waals surface area (Å²) in [6.45, 7) is 0.425. The van der Waals surface area contributed by atoms with E-state index in [4.69, 9.17) is 22.0 Å². The summed E-state index contributed by atoms with van der Waals surface area (Å²) in [4.78, 5) is -0.0291. The molecule has 0 aliphatic carbocycles. The van der Waals surface area contributed by atoms with Gasteiger partial charge < -0.3 is 5.11 Å². The van der Waals surface area contributed by atoms with Gasteiger partial charge in [0.25, 0.3) is 0 Å². The molecule has 0 aliphatic rings. The van der Waals surface area contributed by atoms with Gasteiger partial charge in [-0.3, -0.25) is 0 Å². The smallest absolute Gasteiger partial charge is 0.242 e. The average Bonchev–Trinajstić information content (AvgIpc) is 2.42. The SMILES string of the molecule is N#Cc1ccc(S(=O)(=O)NCCSCCCO)c(Cl)c1. The van der Waals surface area contributed by atoms with Crippen molar-refractivity contribution in [3.05, 3.63) is 28.8 Å². The van der Waals surface area contributed by atoms with Gasteiger partial charge in [0.05, 0.1) is 16.7 Å². The topological polar surface area (TPSA) is 90.2 Å². The molecule has 1 rings (SSSR count). The van der Waals surface area contributed by atoms with E-state index in [9.17, 15) is 8.42 Å². The lowest BCUT2D eigenvalue weighted by Crippen LogP contribution is -2.26. The summed E-state index contributed by atoms with van der Waals surface area (Å²) in [5.41, 5.74) is 0.313. The normalized spacial score (nSPS) is 11.2. The molecule has 0 saturated heterocycles. The maximum Gasteiger partial charge on any atom is 0.242 e. The fourth-order valence-electron chi connectivity index (χ4n) is 1.38. The van der Waals surface area contributed by atoms with E-state index in [2.05, 4.69) is 4.72 Å². The number of aliphatic hydroxyl groups is 1. The van der Waals surface area contributed by atoms with Crippen molar-refractivity contribution in [2.24, 2.45) is 0 Å². The zero-order chi connectivity index (χ0) is 15.0. The molecule has 0 saturated carbocycles. The molecule has 2 N–H and O–H groups in total. The van der Waals surface area contributed by atoms with Gasteiger partial charge in [-0.05, 0) is 30.4 Å². The quantitative estimate of drug-likeness (QED) is 0.705. The minimum atomic E-state index is -3.66. The predicted octanol–water partition coefficient (Wildman–Crippen LogP) is 1.61. The number of benzene rings is 1. The summed E-state index contributed by atoms with van der Waals surface area (Å²) < 4.78 is 26.5. The number of sulfonamides is 1. The Balaban J connectivity index is 2.59. The van der Waals surface area contributed by atoms with Crippen molar-refractivity contribution in [2.45, 2.75) is 11.3 Å². The Labute approximate surface area is 128 Å². The fourth-order valence-corrected chi connectivity index (χ4v) is 3.87. The Morgan fingerprint density at radius 1 is 1.40 bits per heavy atom. The van der Waals surface area contributed by atoms with E-state index in [0.29, 0.717) is 17.7 Å². The highest BCUT2D eigenvalue weighted by atomic mass is 35.5. The first-order chi connectivity index (χ1) is 9.51. The van der Waals surface area contributed by atoms with Crippen LogP contribution in [0.1, 0.15) is 12.0 Å². The molecule has 8 heteroatoms. The minimum absolute atomic E-state index is 0.0291. The number of hydrogen-bond donors (Lipinski definition) is 2. The van der Waals surface area contributed by atoms with Crippen LogP contribution in [0.4, 0.5) is 0 Å². The molecule has 5 nitrogen and oxygen atoms in total. The fraction of sp³-hybridized carbons (Fsp3) is 0.417. The molecule has 0 atom stereocenters. The number of nitrogens with one attached hydrogen (secondary N) is 1. The van der Waals surface area contributed by atoms with Crippen LogP contribution in [0.2, 0.25) is 5.02 Å². The van der Waals surface area contributed by atoms with Crippen molar-refractivity contribution in [3.8, 4) is 6.07 Å². The van der Waals surface area contributed by atoms with Gasteiger partial charge in [0, 0.05) is 18.9 Å². The van der Waals surface area contributed by atoms with Gasteiger partial charge in [0.1, 0.15) is 4.90 Å².